The van der Waals surface area contributed by atoms with Crippen LogP contribution in [0, 0.1) is 0 Å². The molecule has 2 heterocycles. The van der Waals surface area contributed by atoms with Gasteiger partial charge >= 0.3 is 6.03 Å². The Balaban J connectivity index is 1.38. The molecule has 6 nitrogen and oxygen atoms in total. The second-order valence-corrected chi connectivity index (χ2v) is 11.3. The molecule has 0 spiro atoms. The molecule has 9 heteroatoms. The number of amides is 3. The fourth-order valence-electron chi connectivity index (χ4n) is 4.98. The van der Waals surface area contributed by atoms with Crippen molar-refractivity contribution in [3.8, 4) is 11.5 Å². The molecule has 0 aromatic heterocycles. The van der Waals surface area contributed by atoms with Crippen molar-refractivity contribution >= 4 is 51.1 Å². The molecule has 0 radical (unpaired) electrons. The molecule has 2 fully saturated rings. The van der Waals surface area contributed by atoms with Gasteiger partial charge in [-0.15, -0.1) is 0 Å². The number of halogens is 3. The number of hydrogen-bond donors (Lipinski definition) is 0. The summed E-state index contributed by atoms with van der Waals surface area (Å²) in [6.07, 6.45) is 3.09. The molecule has 2 aliphatic heterocycles. The van der Waals surface area contributed by atoms with E-state index < -0.39 is 5.60 Å². The van der Waals surface area contributed by atoms with Gasteiger partial charge in [-0.3, -0.25) is 9.69 Å². The quantitative estimate of drug-likeness (QED) is 0.271. The van der Waals surface area contributed by atoms with Crippen molar-refractivity contribution in [3.63, 3.8) is 0 Å². The first-order valence-corrected chi connectivity index (χ1v) is 14.1. The van der Waals surface area contributed by atoms with Crippen LogP contribution in [-0.4, -0.2) is 41.4 Å². The fourth-order valence-corrected chi connectivity index (χ4v) is 5.61. The Morgan fingerprint density at radius 2 is 1.79 bits per heavy atom. The van der Waals surface area contributed by atoms with E-state index >= 15 is 0 Å². The van der Waals surface area contributed by atoms with Crippen molar-refractivity contribution in [3.05, 3.63) is 92.4 Å². The third kappa shape index (κ3) is 5.86. The highest BCUT2D eigenvalue weighted by atomic mass is 79.9. The molecule has 0 saturated carbocycles. The van der Waals surface area contributed by atoms with Gasteiger partial charge in [-0.2, -0.15) is 0 Å². The largest absolute Gasteiger partial charge is 0.457 e. The van der Waals surface area contributed by atoms with E-state index in [-0.39, 0.29) is 24.9 Å². The van der Waals surface area contributed by atoms with Crippen LogP contribution in [-0.2, 0) is 21.7 Å². The summed E-state index contributed by atoms with van der Waals surface area (Å²) in [6.45, 7) is 1.48. The highest BCUT2D eigenvalue weighted by Crippen LogP contribution is 2.38. The summed E-state index contributed by atoms with van der Waals surface area (Å²) in [7, 11) is 0. The zero-order valence-corrected chi connectivity index (χ0v) is 23.8. The summed E-state index contributed by atoms with van der Waals surface area (Å²) in [6, 6.07) is 20.2. The molecule has 5 rings (SSSR count). The van der Waals surface area contributed by atoms with Crippen LogP contribution in [0.5, 0.6) is 11.5 Å². The van der Waals surface area contributed by atoms with Crippen LogP contribution in [0.25, 0.3) is 0 Å². The highest BCUT2D eigenvalue weighted by molar-refractivity contribution is 9.10. The van der Waals surface area contributed by atoms with Gasteiger partial charge in [0.25, 0.3) is 0 Å². The van der Waals surface area contributed by atoms with E-state index in [1.807, 2.05) is 30.3 Å². The Kier molecular flexibility index (Phi) is 8.29. The highest BCUT2D eigenvalue weighted by Gasteiger charge is 2.41. The van der Waals surface area contributed by atoms with E-state index in [1.54, 1.807) is 29.2 Å². The molecule has 38 heavy (non-hydrogen) atoms. The number of carbonyl (C=O) groups is 2. The summed E-state index contributed by atoms with van der Waals surface area (Å²) < 4.78 is 13.3. The molecular weight excluding hydrogens is 591 g/mol. The number of imide groups is 1. The SMILES string of the molecule is O=C1CCN(CC2(c3ccccc3)CCCCO2)C(=O)N1Cc1ccc(Br)cc1Oc1ccc(Cl)c(Cl)c1. The molecule has 0 bridgehead atoms. The van der Waals surface area contributed by atoms with Crippen LogP contribution in [0.3, 0.4) is 0 Å². The second-order valence-electron chi connectivity index (χ2n) is 9.53. The summed E-state index contributed by atoms with van der Waals surface area (Å²) in [5.41, 5.74) is 1.16. The van der Waals surface area contributed by atoms with E-state index in [9.17, 15) is 9.59 Å². The van der Waals surface area contributed by atoms with Crippen LogP contribution in [0.1, 0.15) is 36.8 Å². The average molecular weight is 618 g/mol. The summed E-state index contributed by atoms with van der Waals surface area (Å²) in [5, 5.41) is 0.795. The predicted molar refractivity (Wildman–Crippen MR) is 151 cm³/mol. The number of rotatable bonds is 7. The minimum atomic E-state index is -0.582. The molecule has 3 aromatic carbocycles. The van der Waals surface area contributed by atoms with Crippen molar-refractivity contribution in [2.24, 2.45) is 0 Å². The molecule has 2 saturated heterocycles. The van der Waals surface area contributed by atoms with Crippen LogP contribution in [0.2, 0.25) is 10.0 Å². The lowest BCUT2D eigenvalue weighted by Crippen LogP contribution is -2.56. The van der Waals surface area contributed by atoms with Crippen molar-refractivity contribution < 1.29 is 19.1 Å². The van der Waals surface area contributed by atoms with E-state index in [0.29, 0.717) is 46.8 Å². The van der Waals surface area contributed by atoms with Gasteiger partial charge in [0.2, 0.25) is 5.91 Å². The Hall–Kier alpha value is -2.58. The summed E-state index contributed by atoms with van der Waals surface area (Å²) >= 11 is 15.7. The second kappa shape index (κ2) is 11.7. The van der Waals surface area contributed by atoms with Crippen molar-refractivity contribution in [2.75, 3.05) is 19.7 Å². The van der Waals surface area contributed by atoms with Crippen LogP contribution in [0.15, 0.2) is 71.2 Å². The van der Waals surface area contributed by atoms with Gasteiger partial charge in [0.05, 0.1) is 23.1 Å². The number of urea groups is 1. The van der Waals surface area contributed by atoms with Crippen LogP contribution >= 0.6 is 39.1 Å². The number of hydrogen-bond acceptors (Lipinski definition) is 4. The third-order valence-corrected chi connectivity index (χ3v) is 8.21. The van der Waals surface area contributed by atoms with Gasteiger partial charge in [0.1, 0.15) is 17.1 Å². The predicted octanol–water partition coefficient (Wildman–Crippen LogP) is 7.80. The number of nitrogens with zero attached hydrogens (tertiary/aromatic N) is 2. The Labute approximate surface area is 240 Å². The van der Waals surface area contributed by atoms with Gasteiger partial charge in [0.15, 0.2) is 0 Å². The smallest absolute Gasteiger partial charge is 0.327 e. The lowest BCUT2D eigenvalue weighted by atomic mass is 9.85. The van der Waals surface area contributed by atoms with Crippen LogP contribution < -0.4 is 4.74 Å². The van der Waals surface area contributed by atoms with E-state index in [2.05, 4.69) is 28.1 Å². The molecule has 0 aliphatic carbocycles. The third-order valence-electron chi connectivity index (χ3n) is 6.97. The molecule has 198 valence electrons. The standard InChI is InChI=1S/C29H27BrCl2N2O4/c30-22-9-8-20(26(16-22)38-23-10-11-24(31)25(32)17-23)18-34-27(35)12-14-33(28(34)36)19-29(13-4-5-15-37-29)21-6-2-1-3-7-21/h1-3,6-11,16-17H,4-5,12-15,18-19H2. The van der Waals surface area contributed by atoms with Crippen LogP contribution in [0.4, 0.5) is 4.79 Å². The van der Waals surface area contributed by atoms with Gasteiger partial charge in [0, 0.05) is 35.7 Å². The van der Waals surface area contributed by atoms with Crippen molar-refractivity contribution in [1.82, 2.24) is 9.80 Å². The first-order chi connectivity index (χ1) is 18.3. The van der Waals surface area contributed by atoms with Crippen molar-refractivity contribution in [2.45, 2.75) is 37.8 Å². The lowest BCUT2D eigenvalue weighted by Gasteiger charge is -2.43. The maximum Gasteiger partial charge on any atom is 0.327 e. The van der Waals surface area contributed by atoms with Gasteiger partial charge in [-0.25, -0.2) is 4.79 Å². The lowest BCUT2D eigenvalue weighted by molar-refractivity contribution is -0.134. The Morgan fingerprint density at radius 3 is 2.53 bits per heavy atom. The number of benzene rings is 3. The fraction of sp³-hybridized carbons (Fsp3) is 0.310. The summed E-state index contributed by atoms with van der Waals surface area (Å²) in [5.74, 6) is 0.788. The number of carbonyl (C=O) groups excluding carboxylic acids is 2. The molecule has 1 atom stereocenters. The van der Waals surface area contributed by atoms with Gasteiger partial charge in [-0.1, -0.05) is 75.5 Å². The minimum absolute atomic E-state index is 0.0807. The maximum absolute atomic E-state index is 13.7. The van der Waals surface area contributed by atoms with Crippen molar-refractivity contribution in [1.29, 1.82) is 0 Å². The zero-order chi connectivity index (χ0) is 26.7. The number of ether oxygens (including phenoxy) is 2. The topological polar surface area (TPSA) is 59.1 Å². The zero-order valence-electron chi connectivity index (χ0n) is 20.7. The first-order valence-electron chi connectivity index (χ1n) is 12.5. The first kappa shape index (κ1) is 27.0. The monoisotopic (exact) mass is 616 g/mol. The molecule has 2 aliphatic rings. The van der Waals surface area contributed by atoms with E-state index in [0.717, 1.165) is 29.3 Å². The Morgan fingerprint density at radius 1 is 0.974 bits per heavy atom. The molecule has 3 amide bonds. The average Bonchev–Trinajstić information content (AvgIpc) is 2.92. The van der Waals surface area contributed by atoms with Gasteiger partial charge < -0.3 is 14.4 Å². The molecular formula is C29H27BrCl2N2O4. The molecule has 0 N–H and O–H groups in total. The minimum Gasteiger partial charge on any atom is -0.457 e. The summed E-state index contributed by atoms with van der Waals surface area (Å²) in [4.78, 5) is 29.7. The molecule has 3 aromatic rings. The maximum atomic E-state index is 13.7. The van der Waals surface area contributed by atoms with E-state index in [1.165, 1.54) is 4.90 Å². The van der Waals surface area contributed by atoms with E-state index in [4.69, 9.17) is 32.7 Å². The normalized spacial score (nSPS) is 20.1. The Bertz CT molecular complexity index is 1330. The molecule has 1 unspecified atom stereocenters. The van der Waals surface area contributed by atoms with Gasteiger partial charge in [-0.05, 0) is 49.1 Å².